The van der Waals surface area contributed by atoms with Crippen molar-refractivity contribution in [3.05, 3.63) is 28.7 Å². The minimum atomic E-state index is -0.274. The summed E-state index contributed by atoms with van der Waals surface area (Å²) in [5, 5.41) is 0. The number of ether oxygens (including phenoxy) is 1. The number of hydrogen-bond acceptors (Lipinski definition) is 5. The minimum Gasteiger partial charge on any atom is -0.497 e. The van der Waals surface area contributed by atoms with Crippen molar-refractivity contribution in [3.63, 3.8) is 0 Å². The van der Waals surface area contributed by atoms with Crippen LogP contribution in [0, 0.1) is 0 Å². The molecule has 2 fully saturated rings. The average molecular weight is 388 g/mol. The van der Waals surface area contributed by atoms with E-state index in [9.17, 15) is 4.79 Å². The van der Waals surface area contributed by atoms with Crippen LogP contribution in [0.1, 0.15) is 44.9 Å². The predicted molar refractivity (Wildman–Crippen MR) is 111 cm³/mol. The maximum atomic E-state index is 12.2. The zero-order valence-electron chi connectivity index (χ0n) is 17.1. The fourth-order valence-electron chi connectivity index (χ4n) is 4.79. The van der Waals surface area contributed by atoms with Crippen LogP contribution in [0.4, 0.5) is 0 Å². The summed E-state index contributed by atoms with van der Waals surface area (Å²) < 4.78 is 12.3. The Balaban J connectivity index is 1.22. The van der Waals surface area contributed by atoms with Gasteiger partial charge in [0, 0.05) is 44.8 Å². The number of fused-ring (bicyclic) bond motifs is 1. The van der Waals surface area contributed by atoms with Gasteiger partial charge in [-0.2, -0.15) is 0 Å². The summed E-state index contributed by atoms with van der Waals surface area (Å²) in [5.41, 5.74) is 1.45. The van der Waals surface area contributed by atoms with Crippen molar-refractivity contribution in [2.45, 2.75) is 57.5 Å². The number of piperazine rings is 1. The Morgan fingerprint density at radius 3 is 2.54 bits per heavy atom. The fourth-order valence-corrected chi connectivity index (χ4v) is 4.79. The monoisotopic (exact) mass is 387 g/mol. The van der Waals surface area contributed by atoms with E-state index in [4.69, 9.17) is 9.15 Å². The molecule has 4 rings (SSSR count). The second-order valence-electron chi connectivity index (χ2n) is 8.23. The second-order valence-corrected chi connectivity index (χ2v) is 8.23. The molecule has 0 atom stereocenters. The third kappa shape index (κ3) is 4.44. The van der Waals surface area contributed by atoms with Gasteiger partial charge in [0.15, 0.2) is 5.58 Å². The summed E-state index contributed by atoms with van der Waals surface area (Å²) in [6.45, 7) is 6.64. The van der Waals surface area contributed by atoms with Gasteiger partial charge in [-0.05, 0) is 44.4 Å². The number of benzene rings is 1. The molecule has 1 aliphatic heterocycles. The van der Waals surface area contributed by atoms with Crippen LogP contribution < -0.4 is 10.5 Å². The first kappa shape index (κ1) is 19.5. The topological polar surface area (TPSA) is 50.9 Å². The van der Waals surface area contributed by atoms with Crippen molar-refractivity contribution in [2.24, 2.45) is 0 Å². The van der Waals surface area contributed by atoms with Gasteiger partial charge in [0.1, 0.15) is 5.75 Å². The highest BCUT2D eigenvalue weighted by Gasteiger charge is 2.24. The van der Waals surface area contributed by atoms with Crippen molar-refractivity contribution < 1.29 is 9.15 Å². The van der Waals surface area contributed by atoms with Gasteiger partial charge in [0.25, 0.3) is 0 Å². The molecule has 0 bridgehead atoms. The maximum absolute atomic E-state index is 12.2. The predicted octanol–water partition coefficient (Wildman–Crippen LogP) is 3.33. The Morgan fingerprint density at radius 2 is 1.79 bits per heavy atom. The van der Waals surface area contributed by atoms with Crippen LogP contribution >= 0.6 is 0 Å². The van der Waals surface area contributed by atoms with E-state index in [-0.39, 0.29) is 5.76 Å². The molecule has 2 aliphatic rings. The zero-order valence-corrected chi connectivity index (χ0v) is 17.1. The van der Waals surface area contributed by atoms with Crippen molar-refractivity contribution in [2.75, 3.05) is 39.8 Å². The summed E-state index contributed by atoms with van der Waals surface area (Å²) >= 11 is 0. The zero-order chi connectivity index (χ0) is 19.3. The van der Waals surface area contributed by atoms with E-state index >= 15 is 0 Å². The maximum Gasteiger partial charge on any atom is 0.419 e. The molecule has 1 saturated heterocycles. The Labute approximate surface area is 167 Å². The highest BCUT2D eigenvalue weighted by Crippen LogP contribution is 2.24. The van der Waals surface area contributed by atoms with Crippen molar-refractivity contribution in [1.29, 1.82) is 0 Å². The lowest BCUT2D eigenvalue weighted by molar-refractivity contribution is 0.0780. The van der Waals surface area contributed by atoms with E-state index in [1.807, 2.05) is 12.1 Å². The number of aryl methyl sites for hydroxylation is 1. The molecule has 1 aliphatic carbocycles. The van der Waals surface area contributed by atoms with Gasteiger partial charge in [-0.15, -0.1) is 0 Å². The number of oxazole rings is 1. The van der Waals surface area contributed by atoms with Crippen molar-refractivity contribution >= 4 is 11.1 Å². The van der Waals surface area contributed by atoms with Crippen LogP contribution in [0.15, 0.2) is 27.4 Å². The molecule has 0 spiro atoms. The minimum absolute atomic E-state index is 0.274. The molecule has 2 heterocycles. The first-order valence-corrected chi connectivity index (χ1v) is 10.9. The normalized spacial score (nSPS) is 20.0. The molecule has 28 heavy (non-hydrogen) atoms. The summed E-state index contributed by atoms with van der Waals surface area (Å²) in [6.07, 6.45) is 9.17. The number of methoxy groups -OCH3 is 1. The first-order valence-electron chi connectivity index (χ1n) is 10.9. The van der Waals surface area contributed by atoms with Crippen LogP contribution in [0.5, 0.6) is 5.75 Å². The lowest BCUT2D eigenvalue weighted by Gasteiger charge is -2.40. The molecular formula is C22H33N3O3. The van der Waals surface area contributed by atoms with Gasteiger partial charge < -0.3 is 14.1 Å². The van der Waals surface area contributed by atoms with Gasteiger partial charge in [-0.3, -0.25) is 9.47 Å². The Kier molecular flexibility index (Phi) is 6.37. The summed E-state index contributed by atoms with van der Waals surface area (Å²) in [4.78, 5) is 17.5. The Hall–Kier alpha value is -1.79. The summed E-state index contributed by atoms with van der Waals surface area (Å²) in [7, 11) is 1.62. The van der Waals surface area contributed by atoms with Crippen LogP contribution in [0.3, 0.4) is 0 Å². The van der Waals surface area contributed by atoms with Crippen molar-refractivity contribution in [1.82, 2.24) is 14.4 Å². The van der Waals surface area contributed by atoms with Gasteiger partial charge in [-0.25, -0.2) is 4.79 Å². The molecule has 2 aromatic rings. The number of rotatable bonds is 7. The molecule has 0 amide bonds. The number of nitrogens with zero attached hydrogens (tertiary/aromatic N) is 3. The number of hydrogen-bond donors (Lipinski definition) is 0. The van der Waals surface area contributed by atoms with E-state index < -0.39 is 0 Å². The summed E-state index contributed by atoms with van der Waals surface area (Å²) in [5.74, 6) is 0.435. The average Bonchev–Trinajstić information content (AvgIpc) is 3.06. The van der Waals surface area contributed by atoms with Crippen molar-refractivity contribution in [3.8, 4) is 5.75 Å². The largest absolute Gasteiger partial charge is 0.497 e. The highest BCUT2D eigenvalue weighted by molar-refractivity contribution is 5.74. The SMILES string of the molecule is COc1ccc2c(c1)oc(=O)n2CCCCN1CCN(C2CCCCC2)CC1. The standard InChI is InChI=1S/C22H33N3O3/c1-27-19-9-10-20-21(17-19)28-22(26)25(20)12-6-5-11-23-13-15-24(16-14-23)18-7-3-2-4-8-18/h9-10,17-18H,2-8,11-16H2,1H3. The van der Waals surface area contributed by atoms with E-state index in [0.717, 1.165) is 30.9 Å². The van der Waals surface area contributed by atoms with Gasteiger partial charge >= 0.3 is 5.76 Å². The van der Waals surface area contributed by atoms with Gasteiger partial charge in [0.2, 0.25) is 0 Å². The first-order chi connectivity index (χ1) is 13.7. The molecule has 1 aromatic carbocycles. The third-order valence-electron chi connectivity index (χ3n) is 6.48. The van der Waals surface area contributed by atoms with E-state index in [2.05, 4.69) is 9.80 Å². The molecule has 0 N–H and O–H groups in total. The van der Waals surface area contributed by atoms with Crippen LogP contribution in [0.25, 0.3) is 11.1 Å². The molecule has 6 nitrogen and oxygen atoms in total. The molecule has 0 radical (unpaired) electrons. The lowest BCUT2D eigenvalue weighted by atomic mass is 9.94. The molecular weight excluding hydrogens is 354 g/mol. The quantitative estimate of drug-likeness (QED) is 0.682. The molecule has 1 aromatic heterocycles. The molecule has 0 unspecified atom stereocenters. The molecule has 6 heteroatoms. The van der Waals surface area contributed by atoms with E-state index in [1.165, 1.54) is 58.3 Å². The molecule has 154 valence electrons. The fraction of sp³-hybridized carbons (Fsp3) is 0.682. The highest BCUT2D eigenvalue weighted by atomic mass is 16.5. The number of unbranched alkanes of at least 4 members (excludes halogenated alkanes) is 1. The Morgan fingerprint density at radius 1 is 1.04 bits per heavy atom. The Bertz CT molecular complexity index is 814. The summed E-state index contributed by atoms with van der Waals surface area (Å²) in [6, 6.07) is 6.40. The van der Waals surface area contributed by atoms with Crippen LogP contribution in [-0.4, -0.2) is 60.2 Å². The smallest absolute Gasteiger partial charge is 0.419 e. The van der Waals surface area contributed by atoms with E-state index in [0.29, 0.717) is 17.9 Å². The van der Waals surface area contributed by atoms with Crippen LogP contribution in [0.2, 0.25) is 0 Å². The third-order valence-corrected chi connectivity index (χ3v) is 6.48. The van der Waals surface area contributed by atoms with E-state index in [1.54, 1.807) is 17.7 Å². The molecule has 1 saturated carbocycles. The van der Waals surface area contributed by atoms with Gasteiger partial charge in [-0.1, -0.05) is 19.3 Å². The van der Waals surface area contributed by atoms with Gasteiger partial charge in [0.05, 0.1) is 12.6 Å². The number of aromatic nitrogens is 1. The second kappa shape index (κ2) is 9.14. The lowest BCUT2D eigenvalue weighted by Crippen LogP contribution is -2.50. The van der Waals surface area contributed by atoms with Crippen LogP contribution in [-0.2, 0) is 6.54 Å².